The van der Waals surface area contributed by atoms with Gasteiger partial charge in [-0.1, -0.05) is 5.57 Å². The number of halogens is 2. The van der Waals surface area contributed by atoms with Gasteiger partial charge in [-0.2, -0.15) is 8.78 Å². The van der Waals surface area contributed by atoms with E-state index in [4.69, 9.17) is 9.31 Å². The fourth-order valence-corrected chi connectivity index (χ4v) is 1.71. The van der Waals surface area contributed by atoms with Crippen molar-refractivity contribution in [2.75, 3.05) is 0 Å². The van der Waals surface area contributed by atoms with Crippen LogP contribution in [-0.2, 0) is 14.0 Å². The van der Waals surface area contributed by atoms with Gasteiger partial charge in [-0.05, 0) is 53.7 Å². The van der Waals surface area contributed by atoms with Crippen LogP contribution in [0.2, 0.25) is 0 Å². The van der Waals surface area contributed by atoms with Gasteiger partial charge < -0.3 is 14.0 Å². The predicted molar refractivity (Wildman–Crippen MR) is 79.2 cm³/mol. The van der Waals surface area contributed by atoms with Gasteiger partial charge in [0.2, 0.25) is 5.88 Å². The fraction of sp³-hybridized carbons (Fsp3) is 0.643. The summed E-state index contributed by atoms with van der Waals surface area (Å²) < 4.78 is 40.5. The van der Waals surface area contributed by atoms with E-state index in [0.717, 1.165) is 5.47 Å². The summed E-state index contributed by atoms with van der Waals surface area (Å²) in [5.74, 6) is -0.238. The highest BCUT2D eigenvalue weighted by Gasteiger charge is 2.51. The van der Waals surface area contributed by atoms with Crippen molar-refractivity contribution in [3.8, 4) is 0 Å². The topological polar surface area (TPSA) is 40.0 Å². The van der Waals surface area contributed by atoms with Crippen molar-refractivity contribution in [2.24, 2.45) is 4.99 Å². The van der Waals surface area contributed by atoms with E-state index in [2.05, 4.69) is 16.4 Å². The van der Waals surface area contributed by atoms with Gasteiger partial charge in [-0.3, -0.25) is 0 Å². The molecule has 1 saturated heterocycles. The molecular weight excluding hydrogens is 279 g/mol. The lowest BCUT2D eigenvalue weighted by Gasteiger charge is -2.32. The molecule has 0 aromatic rings. The van der Waals surface area contributed by atoms with Crippen LogP contribution in [0, 0.1) is 0 Å². The number of ether oxygens (including phenoxy) is 1. The van der Waals surface area contributed by atoms with Crippen molar-refractivity contribution < 1.29 is 22.8 Å². The van der Waals surface area contributed by atoms with Crippen LogP contribution in [0.25, 0.3) is 0 Å². The van der Waals surface area contributed by atoms with Crippen molar-refractivity contribution in [2.45, 2.75) is 59.4 Å². The molecule has 0 aromatic carbocycles. The van der Waals surface area contributed by atoms with E-state index < -0.39 is 24.9 Å². The summed E-state index contributed by atoms with van der Waals surface area (Å²) >= 11 is 0. The van der Waals surface area contributed by atoms with E-state index in [1.54, 1.807) is 6.92 Å². The lowest BCUT2D eigenvalue weighted by molar-refractivity contribution is -0.0964. The molecule has 1 fully saturated rings. The van der Waals surface area contributed by atoms with Crippen LogP contribution in [-0.4, -0.2) is 31.6 Å². The maximum atomic E-state index is 12.2. The van der Waals surface area contributed by atoms with Crippen molar-refractivity contribution in [3.63, 3.8) is 0 Å². The summed E-state index contributed by atoms with van der Waals surface area (Å²) in [7, 11) is -0.538. The Morgan fingerprint density at radius 1 is 1.19 bits per heavy atom. The summed E-state index contributed by atoms with van der Waals surface area (Å²) in [6.45, 7) is 11.6. The molecule has 7 heteroatoms. The van der Waals surface area contributed by atoms with E-state index in [1.807, 2.05) is 34.6 Å². The van der Waals surface area contributed by atoms with E-state index in [9.17, 15) is 8.78 Å². The van der Waals surface area contributed by atoms with Crippen LogP contribution in [0.15, 0.2) is 28.0 Å². The zero-order valence-corrected chi connectivity index (χ0v) is 13.4. The molecule has 0 bridgehead atoms. The molecule has 1 aliphatic rings. The van der Waals surface area contributed by atoms with Crippen molar-refractivity contribution in [1.82, 2.24) is 0 Å². The molecule has 0 atom stereocenters. The summed E-state index contributed by atoms with van der Waals surface area (Å²) in [5.41, 5.74) is 0.535. The largest absolute Gasteiger partial charge is 0.490 e. The van der Waals surface area contributed by atoms with E-state index in [0.29, 0.717) is 5.57 Å². The maximum absolute atomic E-state index is 12.2. The Kier molecular flexibility index (Phi) is 5.33. The molecule has 1 heterocycles. The zero-order chi connectivity index (χ0) is 16.4. The summed E-state index contributed by atoms with van der Waals surface area (Å²) in [5, 5.41) is 0. The third-order valence-electron chi connectivity index (χ3n) is 3.93. The highest BCUT2D eigenvalue weighted by atomic mass is 19.3. The fourth-order valence-electron chi connectivity index (χ4n) is 1.71. The second-order valence-corrected chi connectivity index (χ2v) is 5.97. The van der Waals surface area contributed by atoms with Crippen molar-refractivity contribution in [1.29, 1.82) is 0 Å². The van der Waals surface area contributed by atoms with Gasteiger partial charge in [0.25, 0.3) is 0 Å². The first kappa shape index (κ1) is 17.8. The second kappa shape index (κ2) is 6.28. The molecule has 0 unspecified atom stereocenters. The first-order valence-electron chi connectivity index (χ1n) is 6.66. The minimum absolute atomic E-state index is 0.238. The number of alkyl halides is 2. The average Bonchev–Trinajstić information content (AvgIpc) is 2.55. The summed E-state index contributed by atoms with van der Waals surface area (Å²) in [6, 6.07) is 0. The molecule has 0 amide bonds. The third kappa shape index (κ3) is 4.14. The van der Waals surface area contributed by atoms with Crippen molar-refractivity contribution in [3.05, 3.63) is 23.0 Å². The molecular formula is C14H22BF2NO3. The van der Waals surface area contributed by atoms with Gasteiger partial charge in [0, 0.05) is 6.08 Å². The van der Waals surface area contributed by atoms with Crippen LogP contribution in [0.1, 0.15) is 41.5 Å². The van der Waals surface area contributed by atoms with Gasteiger partial charge in [-0.15, -0.1) is 0 Å². The lowest BCUT2D eigenvalue weighted by Crippen LogP contribution is -2.41. The Balaban J connectivity index is 2.98. The minimum atomic E-state index is -2.94. The van der Waals surface area contributed by atoms with Crippen LogP contribution in [0.3, 0.4) is 0 Å². The Hall–Kier alpha value is -1.21. The molecule has 0 radical (unpaired) electrons. The molecule has 0 spiro atoms. The van der Waals surface area contributed by atoms with E-state index >= 15 is 0 Å². The SMILES string of the molecule is C=N/C(=C\C(C)=C(/C)B1OC(C)(C)C(C)(C)O1)OC(F)F. The highest BCUT2D eigenvalue weighted by molar-refractivity contribution is 6.54. The predicted octanol–water partition coefficient (Wildman–Crippen LogP) is 3.74. The molecule has 1 rings (SSSR count). The van der Waals surface area contributed by atoms with Crippen molar-refractivity contribution >= 4 is 13.8 Å². The van der Waals surface area contributed by atoms with Crippen LogP contribution in [0.5, 0.6) is 0 Å². The number of rotatable bonds is 5. The lowest BCUT2D eigenvalue weighted by atomic mass is 9.76. The second-order valence-electron chi connectivity index (χ2n) is 5.97. The van der Waals surface area contributed by atoms with Gasteiger partial charge in [0.05, 0.1) is 11.2 Å². The summed E-state index contributed by atoms with van der Waals surface area (Å²) in [6.07, 6.45) is 1.39. The zero-order valence-electron chi connectivity index (χ0n) is 13.4. The number of aliphatic imine (C=N–C) groups is 1. The Bertz CT molecular complexity index is 457. The van der Waals surface area contributed by atoms with E-state index in [1.165, 1.54) is 6.08 Å². The first-order valence-corrected chi connectivity index (χ1v) is 6.66. The number of hydrogen-bond acceptors (Lipinski definition) is 4. The summed E-state index contributed by atoms with van der Waals surface area (Å²) in [4.78, 5) is 3.43. The molecule has 118 valence electrons. The normalized spacial score (nSPS) is 22.3. The van der Waals surface area contributed by atoms with Crippen LogP contribution < -0.4 is 0 Å². The van der Waals surface area contributed by atoms with Crippen LogP contribution >= 0.6 is 0 Å². The van der Waals surface area contributed by atoms with E-state index in [-0.39, 0.29) is 5.88 Å². The third-order valence-corrected chi connectivity index (χ3v) is 3.93. The quantitative estimate of drug-likeness (QED) is 0.336. The molecule has 0 aliphatic carbocycles. The van der Waals surface area contributed by atoms with Gasteiger partial charge in [0.1, 0.15) is 0 Å². The molecule has 0 N–H and O–H groups in total. The van der Waals surface area contributed by atoms with Gasteiger partial charge in [0.15, 0.2) is 0 Å². The Morgan fingerprint density at radius 2 is 1.67 bits per heavy atom. The smallest absolute Gasteiger partial charge is 0.417 e. The van der Waals surface area contributed by atoms with Gasteiger partial charge >= 0.3 is 13.7 Å². The number of hydrogen-bond donors (Lipinski definition) is 0. The minimum Gasteiger partial charge on any atom is -0.417 e. The monoisotopic (exact) mass is 301 g/mol. The Morgan fingerprint density at radius 3 is 2.05 bits per heavy atom. The van der Waals surface area contributed by atoms with Crippen LogP contribution in [0.4, 0.5) is 8.78 Å². The highest BCUT2D eigenvalue weighted by Crippen LogP contribution is 2.39. The molecule has 0 saturated carbocycles. The first-order chi connectivity index (χ1) is 9.50. The number of allylic oxidation sites excluding steroid dienone is 3. The van der Waals surface area contributed by atoms with Gasteiger partial charge in [-0.25, -0.2) is 4.99 Å². The number of nitrogens with zero attached hydrogens (tertiary/aromatic N) is 1. The average molecular weight is 301 g/mol. The molecule has 0 aromatic heterocycles. The standard InChI is InChI=1S/C14H22BF2NO3/c1-9(8-11(18-7)19-12(16)17)10(2)15-20-13(3,4)14(5,6)21-15/h8,12H,7H2,1-6H3/b10-9+,11-8+. The molecule has 1 aliphatic heterocycles. The maximum Gasteiger partial charge on any atom is 0.490 e. The molecule has 21 heavy (non-hydrogen) atoms. The Labute approximate surface area is 125 Å². The molecule has 4 nitrogen and oxygen atoms in total.